The Kier molecular flexibility index (Phi) is 5.63. The Hall–Kier alpha value is -1.75. The van der Waals surface area contributed by atoms with E-state index in [2.05, 4.69) is 4.90 Å². The van der Waals surface area contributed by atoms with E-state index in [1.807, 2.05) is 13.8 Å². The summed E-state index contributed by atoms with van der Waals surface area (Å²) < 4.78 is 0. The lowest BCUT2D eigenvalue weighted by atomic mass is 10.1. The van der Waals surface area contributed by atoms with Crippen LogP contribution >= 0.6 is 0 Å². The van der Waals surface area contributed by atoms with Crippen molar-refractivity contribution >= 4 is 5.97 Å². The number of hydrogen-bond acceptors (Lipinski definition) is 4. The average molecular weight is 267 g/mol. The van der Waals surface area contributed by atoms with Gasteiger partial charge in [0, 0.05) is 30.6 Å². The molecule has 5 heteroatoms. The first kappa shape index (κ1) is 15.3. The number of carboxylic acids is 1. The molecule has 1 rings (SSSR count). The van der Waals surface area contributed by atoms with Crippen molar-refractivity contribution < 1.29 is 20.1 Å². The standard InChI is InChI=1S/C14H21NO4/c1-10(2)15(7-3-4-14(18)19)9-11-5-6-12(16)8-13(11)17/h5-6,8,10,16-17H,3-4,7,9H2,1-2H3,(H,18,19). The van der Waals surface area contributed by atoms with Crippen molar-refractivity contribution in [2.45, 2.75) is 39.3 Å². The molecule has 0 aliphatic heterocycles. The number of benzene rings is 1. The van der Waals surface area contributed by atoms with E-state index in [1.165, 1.54) is 12.1 Å². The number of nitrogens with zero attached hydrogens (tertiary/aromatic N) is 1. The van der Waals surface area contributed by atoms with Crippen molar-refractivity contribution in [3.63, 3.8) is 0 Å². The average Bonchev–Trinajstić information content (AvgIpc) is 2.30. The van der Waals surface area contributed by atoms with Gasteiger partial charge in [0.15, 0.2) is 0 Å². The van der Waals surface area contributed by atoms with Crippen LogP contribution in [0.25, 0.3) is 0 Å². The molecule has 5 nitrogen and oxygen atoms in total. The van der Waals surface area contributed by atoms with Crippen LogP contribution in [0.5, 0.6) is 11.5 Å². The van der Waals surface area contributed by atoms with Crippen molar-refractivity contribution in [3.8, 4) is 11.5 Å². The molecule has 1 aromatic rings. The van der Waals surface area contributed by atoms with E-state index in [4.69, 9.17) is 5.11 Å². The quantitative estimate of drug-likeness (QED) is 0.705. The number of carboxylic acid groups (broad SMARTS) is 1. The van der Waals surface area contributed by atoms with Crippen LogP contribution in [0.1, 0.15) is 32.3 Å². The molecule has 0 heterocycles. The molecule has 0 spiro atoms. The zero-order valence-corrected chi connectivity index (χ0v) is 11.3. The summed E-state index contributed by atoms with van der Waals surface area (Å²) in [7, 11) is 0. The van der Waals surface area contributed by atoms with E-state index in [0.29, 0.717) is 19.5 Å². The lowest BCUT2D eigenvalue weighted by Crippen LogP contribution is -2.31. The van der Waals surface area contributed by atoms with E-state index in [-0.39, 0.29) is 24.0 Å². The van der Waals surface area contributed by atoms with Crippen molar-refractivity contribution in [2.75, 3.05) is 6.54 Å². The van der Waals surface area contributed by atoms with Gasteiger partial charge in [-0.1, -0.05) is 6.07 Å². The van der Waals surface area contributed by atoms with Crippen LogP contribution in [-0.2, 0) is 11.3 Å². The highest BCUT2D eigenvalue weighted by molar-refractivity contribution is 5.66. The van der Waals surface area contributed by atoms with E-state index in [9.17, 15) is 15.0 Å². The monoisotopic (exact) mass is 267 g/mol. The normalized spacial score (nSPS) is 11.2. The molecular weight excluding hydrogens is 246 g/mol. The highest BCUT2D eigenvalue weighted by atomic mass is 16.4. The summed E-state index contributed by atoms with van der Waals surface area (Å²) in [6.45, 7) is 5.24. The summed E-state index contributed by atoms with van der Waals surface area (Å²) in [6.07, 6.45) is 0.719. The first-order valence-electron chi connectivity index (χ1n) is 6.37. The summed E-state index contributed by atoms with van der Waals surface area (Å²) in [5, 5.41) is 27.6. The first-order valence-corrected chi connectivity index (χ1v) is 6.37. The van der Waals surface area contributed by atoms with Crippen LogP contribution in [0.15, 0.2) is 18.2 Å². The van der Waals surface area contributed by atoms with Gasteiger partial charge in [0.2, 0.25) is 0 Å². The number of phenolic OH excluding ortho intramolecular Hbond substituents is 2. The zero-order valence-electron chi connectivity index (χ0n) is 11.3. The Labute approximate surface area is 113 Å². The molecular formula is C14H21NO4. The van der Waals surface area contributed by atoms with Gasteiger partial charge in [-0.05, 0) is 32.9 Å². The molecule has 0 aliphatic rings. The smallest absolute Gasteiger partial charge is 0.303 e. The minimum Gasteiger partial charge on any atom is -0.508 e. The fraction of sp³-hybridized carbons (Fsp3) is 0.500. The van der Waals surface area contributed by atoms with Gasteiger partial charge in [0.05, 0.1) is 0 Å². The maximum atomic E-state index is 10.5. The summed E-state index contributed by atoms with van der Waals surface area (Å²) >= 11 is 0. The second-order valence-electron chi connectivity index (χ2n) is 4.87. The minimum absolute atomic E-state index is 0.0308. The summed E-state index contributed by atoms with van der Waals surface area (Å²) in [6, 6.07) is 4.77. The predicted molar refractivity (Wildman–Crippen MR) is 72.2 cm³/mol. The molecule has 0 bridgehead atoms. The Morgan fingerprint density at radius 1 is 1.32 bits per heavy atom. The predicted octanol–water partition coefficient (Wildman–Crippen LogP) is 2.17. The fourth-order valence-electron chi connectivity index (χ4n) is 1.86. The van der Waals surface area contributed by atoms with Crippen LogP contribution in [0.2, 0.25) is 0 Å². The number of aromatic hydroxyl groups is 2. The molecule has 0 radical (unpaired) electrons. The van der Waals surface area contributed by atoms with Gasteiger partial charge in [-0.2, -0.15) is 0 Å². The third-order valence-corrected chi connectivity index (χ3v) is 3.01. The van der Waals surface area contributed by atoms with Gasteiger partial charge in [-0.15, -0.1) is 0 Å². The molecule has 1 aromatic carbocycles. The first-order chi connectivity index (χ1) is 8.90. The van der Waals surface area contributed by atoms with Gasteiger partial charge in [-0.3, -0.25) is 9.69 Å². The molecule has 0 aliphatic carbocycles. The third-order valence-electron chi connectivity index (χ3n) is 3.01. The van der Waals surface area contributed by atoms with Crippen LogP contribution < -0.4 is 0 Å². The lowest BCUT2D eigenvalue weighted by molar-refractivity contribution is -0.137. The number of aliphatic carboxylic acids is 1. The fourth-order valence-corrected chi connectivity index (χ4v) is 1.86. The van der Waals surface area contributed by atoms with E-state index < -0.39 is 5.97 Å². The molecule has 0 saturated carbocycles. The SMILES string of the molecule is CC(C)N(CCCC(=O)O)Cc1ccc(O)cc1O. The summed E-state index contributed by atoms with van der Waals surface area (Å²) in [5.41, 5.74) is 0.724. The summed E-state index contributed by atoms with van der Waals surface area (Å²) in [5.74, 6) is -0.705. The second kappa shape index (κ2) is 6.99. The molecule has 0 aromatic heterocycles. The maximum absolute atomic E-state index is 10.5. The van der Waals surface area contributed by atoms with Crippen LogP contribution in [0.3, 0.4) is 0 Å². The molecule has 0 unspecified atom stereocenters. The topological polar surface area (TPSA) is 81.0 Å². The van der Waals surface area contributed by atoms with Crippen molar-refractivity contribution in [3.05, 3.63) is 23.8 Å². The molecule has 0 saturated heterocycles. The van der Waals surface area contributed by atoms with Crippen molar-refractivity contribution in [1.82, 2.24) is 4.90 Å². The largest absolute Gasteiger partial charge is 0.508 e. The van der Waals surface area contributed by atoms with Crippen molar-refractivity contribution in [1.29, 1.82) is 0 Å². The molecule has 106 valence electrons. The molecule has 0 amide bonds. The van der Waals surface area contributed by atoms with Gasteiger partial charge in [-0.25, -0.2) is 0 Å². The third kappa shape index (κ3) is 5.18. The maximum Gasteiger partial charge on any atom is 0.303 e. The van der Waals surface area contributed by atoms with E-state index >= 15 is 0 Å². The van der Waals surface area contributed by atoms with Gasteiger partial charge < -0.3 is 15.3 Å². The zero-order chi connectivity index (χ0) is 14.4. The van der Waals surface area contributed by atoms with E-state index in [0.717, 1.165) is 5.56 Å². The van der Waals surface area contributed by atoms with Crippen LogP contribution in [-0.4, -0.2) is 38.8 Å². The van der Waals surface area contributed by atoms with Gasteiger partial charge >= 0.3 is 5.97 Å². The number of phenols is 2. The molecule has 3 N–H and O–H groups in total. The second-order valence-corrected chi connectivity index (χ2v) is 4.87. The van der Waals surface area contributed by atoms with E-state index in [1.54, 1.807) is 6.07 Å². The number of rotatable bonds is 7. The van der Waals surface area contributed by atoms with Crippen LogP contribution in [0, 0.1) is 0 Å². The molecule has 0 atom stereocenters. The van der Waals surface area contributed by atoms with Crippen molar-refractivity contribution in [2.24, 2.45) is 0 Å². The number of hydrogen-bond donors (Lipinski definition) is 3. The van der Waals surface area contributed by atoms with Crippen LogP contribution in [0.4, 0.5) is 0 Å². The Bertz CT molecular complexity index is 431. The molecule has 19 heavy (non-hydrogen) atoms. The Morgan fingerprint density at radius 3 is 2.53 bits per heavy atom. The lowest BCUT2D eigenvalue weighted by Gasteiger charge is -2.26. The summed E-state index contributed by atoms with van der Waals surface area (Å²) in [4.78, 5) is 12.6. The van der Waals surface area contributed by atoms with Gasteiger partial charge in [0.1, 0.15) is 11.5 Å². The highest BCUT2D eigenvalue weighted by Gasteiger charge is 2.13. The van der Waals surface area contributed by atoms with Gasteiger partial charge in [0.25, 0.3) is 0 Å². The number of carbonyl (C=O) groups is 1. The molecule has 0 fully saturated rings. The Balaban J connectivity index is 2.64. The Morgan fingerprint density at radius 2 is 2.00 bits per heavy atom. The minimum atomic E-state index is -0.795. The highest BCUT2D eigenvalue weighted by Crippen LogP contribution is 2.24.